The van der Waals surface area contributed by atoms with Crippen LogP contribution in [0.3, 0.4) is 0 Å². The standard InChI is InChI=1S/C11H17N2.Y/c1-3-5-9-10(4-2)13-8-11(9)6-12-7-11;/h3,5,13H,4,6-8H2,1-2H3;/q-1;/b5-3-;. The van der Waals surface area contributed by atoms with Crippen LogP contribution >= 0.6 is 0 Å². The monoisotopic (exact) mass is 266 g/mol. The molecule has 1 N–H and O–H groups in total. The van der Waals surface area contributed by atoms with Crippen LogP contribution in [0.1, 0.15) is 20.3 Å². The normalized spacial score (nSPS) is 23.6. The summed E-state index contributed by atoms with van der Waals surface area (Å²) in [5.41, 5.74) is 3.30. The Morgan fingerprint density at radius 2 is 2.21 bits per heavy atom. The van der Waals surface area contributed by atoms with E-state index < -0.39 is 0 Å². The van der Waals surface area contributed by atoms with Crippen molar-refractivity contribution in [2.45, 2.75) is 20.3 Å². The maximum Gasteiger partial charge on any atom is 0.0208 e. The molecule has 0 aliphatic carbocycles. The molecule has 14 heavy (non-hydrogen) atoms. The zero-order valence-electron chi connectivity index (χ0n) is 9.01. The van der Waals surface area contributed by atoms with E-state index >= 15 is 0 Å². The molecule has 1 fully saturated rings. The number of nitrogens with one attached hydrogen (secondary N) is 1. The molecule has 0 aromatic rings. The Kier molecular flexibility index (Phi) is 4.36. The second-order valence-corrected chi connectivity index (χ2v) is 3.92. The summed E-state index contributed by atoms with van der Waals surface area (Å²) in [4.78, 5) is 0. The van der Waals surface area contributed by atoms with E-state index in [0.717, 1.165) is 26.1 Å². The van der Waals surface area contributed by atoms with Crippen molar-refractivity contribution in [1.82, 2.24) is 5.32 Å². The average Bonchev–Trinajstić information content (AvgIpc) is 2.43. The first-order chi connectivity index (χ1) is 6.32. The van der Waals surface area contributed by atoms with Crippen molar-refractivity contribution in [2.75, 3.05) is 19.6 Å². The van der Waals surface area contributed by atoms with Gasteiger partial charge in [-0.1, -0.05) is 19.1 Å². The van der Waals surface area contributed by atoms with E-state index in [1.165, 1.54) is 11.3 Å². The number of rotatable bonds is 2. The van der Waals surface area contributed by atoms with E-state index in [4.69, 9.17) is 0 Å². The molecule has 0 amide bonds. The first-order valence-electron chi connectivity index (χ1n) is 5.06. The molecule has 2 heterocycles. The summed E-state index contributed by atoms with van der Waals surface area (Å²) < 4.78 is 0. The quantitative estimate of drug-likeness (QED) is 0.814. The first kappa shape index (κ1) is 12.4. The largest absolute Gasteiger partial charge is 0.661 e. The van der Waals surface area contributed by atoms with Gasteiger partial charge in [-0.25, -0.2) is 0 Å². The van der Waals surface area contributed by atoms with Gasteiger partial charge in [0.2, 0.25) is 0 Å². The van der Waals surface area contributed by atoms with E-state index in [1.54, 1.807) is 0 Å². The average molecular weight is 266 g/mol. The van der Waals surface area contributed by atoms with E-state index in [0.29, 0.717) is 5.41 Å². The summed E-state index contributed by atoms with van der Waals surface area (Å²) >= 11 is 0. The molecule has 2 nitrogen and oxygen atoms in total. The van der Waals surface area contributed by atoms with E-state index in [1.807, 2.05) is 0 Å². The smallest absolute Gasteiger partial charge is 0.0208 e. The molecule has 0 atom stereocenters. The summed E-state index contributed by atoms with van der Waals surface area (Å²) in [6.45, 7) is 7.43. The fourth-order valence-corrected chi connectivity index (χ4v) is 2.21. The van der Waals surface area contributed by atoms with Gasteiger partial charge in [-0.15, -0.1) is 13.1 Å². The second-order valence-electron chi connectivity index (χ2n) is 3.92. The van der Waals surface area contributed by atoms with Crippen LogP contribution in [-0.4, -0.2) is 19.6 Å². The van der Waals surface area contributed by atoms with Crippen LogP contribution in [0.15, 0.2) is 23.4 Å². The minimum atomic E-state index is 0. The minimum Gasteiger partial charge on any atom is -0.661 e. The van der Waals surface area contributed by atoms with Crippen LogP contribution < -0.4 is 5.32 Å². The Morgan fingerprint density at radius 3 is 2.64 bits per heavy atom. The first-order valence-corrected chi connectivity index (χ1v) is 5.06. The second kappa shape index (κ2) is 4.91. The van der Waals surface area contributed by atoms with Crippen molar-refractivity contribution >= 4 is 0 Å². The van der Waals surface area contributed by atoms with Crippen LogP contribution in [0.4, 0.5) is 0 Å². The zero-order chi connectivity index (χ0) is 9.31. The van der Waals surface area contributed by atoms with Crippen molar-refractivity contribution in [1.29, 1.82) is 0 Å². The Balaban J connectivity index is 0.000000980. The molecule has 0 bridgehead atoms. The third kappa shape index (κ3) is 1.84. The minimum absolute atomic E-state index is 0. The van der Waals surface area contributed by atoms with Crippen molar-refractivity contribution < 1.29 is 32.7 Å². The molecule has 2 rings (SSSR count). The summed E-state index contributed by atoms with van der Waals surface area (Å²) in [6.07, 6.45) is 5.51. The number of allylic oxidation sites excluding steroid dienone is 3. The van der Waals surface area contributed by atoms with Gasteiger partial charge < -0.3 is 10.6 Å². The molecule has 0 saturated carbocycles. The number of nitrogens with zero attached hydrogens (tertiary/aromatic N) is 1. The molecule has 1 saturated heterocycles. The van der Waals surface area contributed by atoms with Crippen molar-refractivity contribution in [3.63, 3.8) is 0 Å². The molecular formula is C11H17N2Y-. The van der Waals surface area contributed by atoms with Gasteiger partial charge in [0.1, 0.15) is 0 Å². The van der Waals surface area contributed by atoms with Gasteiger partial charge in [0.05, 0.1) is 0 Å². The van der Waals surface area contributed by atoms with Crippen LogP contribution in [0, 0.1) is 5.41 Å². The zero-order valence-corrected chi connectivity index (χ0v) is 11.8. The van der Waals surface area contributed by atoms with Crippen molar-refractivity contribution in [3.8, 4) is 0 Å². The topological polar surface area (TPSA) is 26.1 Å². The summed E-state index contributed by atoms with van der Waals surface area (Å²) in [5, 5.41) is 7.85. The van der Waals surface area contributed by atoms with Gasteiger partial charge in [0.15, 0.2) is 0 Å². The fourth-order valence-electron chi connectivity index (χ4n) is 2.21. The molecule has 0 aromatic heterocycles. The van der Waals surface area contributed by atoms with E-state index in [2.05, 4.69) is 36.6 Å². The van der Waals surface area contributed by atoms with Crippen LogP contribution in [-0.2, 0) is 32.7 Å². The molecule has 75 valence electrons. The summed E-state index contributed by atoms with van der Waals surface area (Å²) in [7, 11) is 0. The van der Waals surface area contributed by atoms with Crippen LogP contribution in [0.2, 0.25) is 0 Å². The Bertz CT molecular complexity index is 264. The maximum absolute atomic E-state index is 4.35. The molecule has 3 heteroatoms. The summed E-state index contributed by atoms with van der Waals surface area (Å²) in [5.74, 6) is 0. The van der Waals surface area contributed by atoms with E-state index in [-0.39, 0.29) is 32.7 Å². The van der Waals surface area contributed by atoms with Gasteiger partial charge in [0, 0.05) is 45.0 Å². The van der Waals surface area contributed by atoms with Gasteiger partial charge >= 0.3 is 0 Å². The van der Waals surface area contributed by atoms with Crippen molar-refractivity contribution in [3.05, 3.63) is 28.7 Å². The molecular weight excluding hydrogens is 249 g/mol. The SMILES string of the molecule is C/C=C\C1=C(CC)NCC12C[N-]C2.[Y]. The molecule has 1 radical (unpaired) electrons. The summed E-state index contributed by atoms with van der Waals surface area (Å²) in [6, 6.07) is 0. The molecule has 0 unspecified atom stereocenters. The third-order valence-electron chi connectivity index (χ3n) is 3.05. The Labute approximate surface area is 111 Å². The van der Waals surface area contributed by atoms with Gasteiger partial charge in [-0.2, -0.15) is 0 Å². The number of hydrogen-bond acceptors (Lipinski definition) is 1. The molecule has 2 aliphatic rings. The van der Waals surface area contributed by atoms with Gasteiger partial charge in [0.25, 0.3) is 0 Å². The van der Waals surface area contributed by atoms with Gasteiger partial charge in [-0.3, -0.25) is 0 Å². The predicted molar refractivity (Wildman–Crippen MR) is 55.7 cm³/mol. The predicted octanol–water partition coefficient (Wildman–Crippen LogP) is 2.20. The van der Waals surface area contributed by atoms with Gasteiger partial charge in [-0.05, 0) is 24.3 Å². The fraction of sp³-hybridized carbons (Fsp3) is 0.636. The van der Waals surface area contributed by atoms with Crippen LogP contribution in [0.5, 0.6) is 0 Å². The Morgan fingerprint density at radius 1 is 1.50 bits per heavy atom. The molecule has 1 spiro atoms. The molecule has 0 aromatic carbocycles. The van der Waals surface area contributed by atoms with E-state index in [9.17, 15) is 0 Å². The third-order valence-corrected chi connectivity index (χ3v) is 3.05. The molecule has 2 aliphatic heterocycles. The van der Waals surface area contributed by atoms with Crippen molar-refractivity contribution in [2.24, 2.45) is 5.41 Å². The number of hydrogen-bond donors (Lipinski definition) is 1. The maximum atomic E-state index is 4.35. The van der Waals surface area contributed by atoms with Crippen LogP contribution in [0.25, 0.3) is 5.32 Å². The Hall–Kier alpha value is 0.344.